The molecule has 0 radical (unpaired) electrons. The SMILES string of the molecule is C=CCc1c(C)ccc([N+](=O)[O-])c1OCc1ccccc1. The third-order valence-electron chi connectivity index (χ3n) is 3.25. The van der Waals surface area contributed by atoms with Gasteiger partial charge in [0.05, 0.1) is 4.92 Å². The Morgan fingerprint density at radius 1 is 1.24 bits per heavy atom. The van der Waals surface area contributed by atoms with Gasteiger partial charge >= 0.3 is 5.69 Å². The van der Waals surface area contributed by atoms with Gasteiger partial charge in [0.15, 0.2) is 0 Å². The molecule has 0 aromatic heterocycles. The average molecular weight is 283 g/mol. The molecule has 0 heterocycles. The van der Waals surface area contributed by atoms with Crippen LogP contribution in [0.5, 0.6) is 5.75 Å². The maximum absolute atomic E-state index is 11.2. The molecule has 2 rings (SSSR count). The summed E-state index contributed by atoms with van der Waals surface area (Å²) in [7, 11) is 0. The molecule has 0 N–H and O–H groups in total. The van der Waals surface area contributed by atoms with Crippen molar-refractivity contribution < 1.29 is 9.66 Å². The summed E-state index contributed by atoms with van der Waals surface area (Å²) in [4.78, 5) is 10.8. The van der Waals surface area contributed by atoms with Crippen LogP contribution in [0.15, 0.2) is 55.1 Å². The summed E-state index contributed by atoms with van der Waals surface area (Å²) in [6.07, 6.45) is 2.26. The van der Waals surface area contributed by atoms with Crippen molar-refractivity contribution >= 4 is 5.69 Å². The summed E-state index contributed by atoms with van der Waals surface area (Å²) in [6.45, 7) is 5.92. The first-order valence-electron chi connectivity index (χ1n) is 6.68. The number of nitrogens with zero attached hydrogens (tertiary/aromatic N) is 1. The molecule has 0 spiro atoms. The molecule has 0 saturated carbocycles. The highest BCUT2D eigenvalue weighted by Crippen LogP contribution is 2.34. The zero-order chi connectivity index (χ0) is 15.2. The van der Waals surface area contributed by atoms with Crippen LogP contribution < -0.4 is 4.74 Å². The molecule has 0 fully saturated rings. The number of nitro groups is 1. The number of nitro benzene ring substituents is 1. The number of rotatable bonds is 6. The lowest BCUT2D eigenvalue weighted by molar-refractivity contribution is -0.386. The lowest BCUT2D eigenvalue weighted by Crippen LogP contribution is -2.03. The monoisotopic (exact) mass is 283 g/mol. The number of ether oxygens (including phenoxy) is 1. The molecule has 2 aromatic rings. The Labute approximate surface area is 123 Å². The third kappa shape index (κ3) is 3.48. The van der Waals surface area contributed by atoms with Crippen LogP contribution >= 0.6 is 0 Å². The highest BCUT2D eigenvalue weighted by molar-refractivity contribution is 5.55. The van der Waals surface area contributed by atoms with Crippen molar-refractivity contribution in [3.05, 3.63) is 81.9 Å². The van der Waals surface area contributed by atoms with Gasteiger partial charge in [0.2, 0.25) is 5.75 Å². The summed E-state index contributed by atoms with van der Waals surface area (Å²) in [6, 6.07) is 12.8. The molecule has 4 nitrogen and oxygen atoms in total. The minimum Gasteiger partial charge on any atom is -0.482 e. The minimum absolute atomic E-state index is 0.00613. The van der Waals surface area contributed by atoms with E-state index in [1.54, 1.807) is 12.1 Å². The molecule has 0 aliphatic heterocycles. The summed E-state index contributed by atoms with van der Waals surface area (Å²) in [5.41, 5.74) is 2.74. The van der Waals surface area contributed by atoms with E-state index < -0.39 is 4.92 Å². The molecular weight excluding hydrogens is 266 g/mol. The second-order valence-corrected chi connectivity index (χ2v) is 4.73. The zero-order valence-corrected chi connectivity index (χ0v) is 11.9. The molecule has 4 heteroatoms. The van der Waals surface area contributed by atoms with Gasteiger partial charge in [-0.2, -0.15) is 0 Å². The highest BCUT2D eigenvalue weighted by atomic mass is 16.6. The first-order chi connectivity index (χ1) is 10.1. The van der Waals surface area contributed by atoms with E-state index in [4.69, 9.17) is 4.74 Å². The van der Waals surface area contributed by atoms with Crippen LogP contribution in [0.25, 0.3) is 0 Å². The lowest BCUT2D eigenvalue weighted by Gasteiger charge is -2.13. The van der Waals surface area contributed by atoms with Crippen molar-refractivity contribution in [1.82, 2.24) is 0 Å². The fourth-order valence-corrected chi connectivity index (χ4v) is 2.15. The molecular formula is C17H17NO3. The Morgan fingerprint density at radius 3 is 2.57 bits per heavy atom. The van der Waals surface area contributed by atoms with E-state index in [2.05, 4.69) is 6.58 Å². The van der Waals surface area contributed by atoms with Crippen LogP contribution in [0.4, 0.5) is 5.69 Å². The summed E-state index contributed by atoms with van der Waals surface area (Å²) < 4.78 is 5.76. The van der Waals surface area contributed by atoms with E-state index in [9.17, 15) is 10.1 Å². The average Bonchev–Trinajstić information content (AvgIpc) is 2.48. The van der Waals surface area contributed by atoms with Gasteiger partial charge in [0, 0.05) is 11.6 Å². The van der Waals surface area contributed by atoms with E-state index in [1.807, 2.05) is 37.3 Å². The topological polar surface area (TPSA) is 52.4 Å². The quantitative estimate of drug-likeness (QED) is 0.453. The van der Waals surface area contributed by atoms with Crippen molar-refractivity contribution in [2.45, 2.75) is 20.0 Å². The minimum atomic E-state index is -0.410. The normalized spacial score (nSPS) is 10.1. The second kappa shape index (κ2) is 6.70. The predicted molar refractivity (Wildman–Crippen MR) is 82.5 cm³/mol. The molecule has 0 unspecified atom stereocenters. The van der Waals surface area contributed by atoms with Gasteiger partial charge in [0.1, 0.15) is 6.61 Å². The Morgan fingerprint density at radius 2 is 1.95 bits per heavy atom. The van der Waals surface area contributed by atoms with Crippen molar-refractivity contribution in [1.29, 1.82) is 0 Å². The Kier molecular flexibility index (Phi) is 4.72. The van der Waals surface area contributed by atoms with Gasteiger partial charge in [-0.15, -0.1) is 6.58 Å². The smallest absolute Gasteiger partial charge is 0.311 e. The fourth-order valence-electron chi connectivity index (χ4n) is 2.15. The van der Waals surface area contributed by atoms with Gasteiger partial charge < -0.3 is 4.74 Å². The third-order valence-corrected chi connectivity index (χ3v) is 3.25. The predicted octanol–water partition coefficient (Wildman–Crippen LogP) is 4.21. The number of aryl methyl sites for hydroxylation is 1. The van der Waals surface area contributed by atoms with Gasteiger partial charge in [-0.1, -0.05) is 42.5 Å². The number of benzene rings is 2. The van der Waals surface area contributed by atoms with Crippen LogP contribution in [-0.2, 0) is 13.0 Å². The van der Waals surface area contributed by atoms with Crippen LogP contribution in [0.2, 0.25) is 0 Å². The first-order valence-corrected chi connectivity index (χ1v) is 6.68. The maximum atomic E-state index is 11.2. The van der Waals surface area contributed by atoms with Crippen LogP contribution in [0, 0.1) is 17.0 Å². The Bertz CT molecular complexity index is 651. The van der Waals surface area contributed by atoms with Crippen molar-refractivity contribution in [3.63, 3.8) is 0 Å². The van der Waals surface area contributed by atoms with E-state index >= 15 is 0 Å². The maximum Gasteiger partial charge on any atom is 0.311 e. The standard InChI is InChI=1S/C17H17NO3/c1-3-7-15-13(2)10-11-16(18(19)20)17(15)21-12-14-8-5-4-6-9-14/h3-6,8-11H,1,7,12H2,2H3. The van der Waals surface area contributed by atoms with Gasteiger partial charge in [-0.3, -0.25) is 10.1 Å². The van der Waals surface area contributed by atoms with Crippen LogP contribution in [-0.4, -0.2) is 4.92 Å². The van der Waals surface area contributed by atoms with E-state index in [-0.39, 0.29) is 5.69 Å². The molecule has 0 atom stereocenters. The van der Waals surface area contributed by atoms with Crippen LogP contribution in [0.3, 0.4) is 0 Å². The molecule has 108 valence electrons. The fraction of sp³-hybridized carbons (Fsp3) is 0.176. The van der Waals surface area contributed by atoms with Gasteiger partial charge in [0.25, 0.3) is 0 Å². The highest BCUT2D eigenvalue weighted by Gasteiger charge is 2.20. The molecule has 0 bridgehead atoms. The van der Waals surface area contributed by atoms with Crippen molar-refractivity contribution in [2.24, 2.45) is 0 Å². The van der Waals surface area contributed by atoms with Gasteiger partial charge in [-0.05, 0) is 24.5 Å². The lowest BCUT2D eigenvalue weighted by atomic mass is 10.0. The zero-order valence-electron chi connectivity index (χ0n) is 11.9. The number of allylic oxidation sites excluding steroid dienone is 1. The second-order valence-electron chi connectivity index (χ2n) is 4.73. The van der Waals surface area contributed by atoms with Crippen molar-refractivity contribution in [3.8, 4) is 5.75 Å². The number of hydrogen-bond donors (Lipinski definition) is 0. The molecule has 0 aliphatic carbocycles. The van der Waals surface area contributed by atoms with E-state index in [0.717, 1.165) is 16.7 Å². The summed E-state index contributed by atoms with van der Waals surface area (Å²) in [5, 5.41) is 11.2. The van der Waals surface area contributed by atoms with Crippen molar-refractivity contribution in [2.75, 3.05) is 0 Å². The molecule has 2 aromatic carbocycles. The first kappa shape index (κ1) is 14.8. The molecule has 0 aliphatic rings. The summed E-state index contributed by atoms with van der Waals surface area (Å²) >= 11 is 0. The Hall–Kier alpha value is -2.62. The Balaban J connectivity index is 2.36. The van der Waals surface area contributed by atoms with E-state index in [0.29, 0.717) is 18.8 Å². The summed E-state index contributed by atoms with van der Waals surface area (Å²) in [5.74, 6) is 0.337. The largest absolute Gasteiger partial charge is 0.482 e. The van der Waals surface area contributed by atoms with E-state index in [1.165, 1.54) is 6.07 Å². The molecule has 0 saturated heterocycles. The number of hydrogen-bond acceptors (Lipinski definition) is 3. The van der Waals surface area contributed by atoms with Gasteiger partial charge in [-0.25, -0.2) is 0 Å². The molecule has 21 heavy (non-hydrogen) atoms. The van der Waals surface area contributed by atoms with Crippen LogP contribution in [0.1, 0.15) is 16.7 Å². The molecule has 0 amide bonds.